The molecule has 0 radical (unpaired) electrons. The van der Waals surface area contributed by atoms with Crippen molar-refractivity contribution in [1.82, 2.24) is 0 Å². The van der Waals surface area contributed by atoms with E-state index in [2.05, 4.69) is 38.1 Å². The van der Waals surface area contributed by atoms with E-state index in [-0.39, 0.29) is 5.92 Å². The third-order valence-electron chi connectivity index (χ3n) is 4.45. The molecule has 1 unspecified atom stereocenters. The molecule has 0 amide bonds. The van der Waals surface area contributed by atoms with Crippen LogP contribution in [-0.4, -0.2) is 5.78 Å². The molecule has 0 fully saturated rings. The van der Waals surface area contributed by atoms with Crippen LogP contribution in [-0.2, 0) is 17.6 Å². The van der Waals surface area contributed by atoms with Gasteiger partial charge in [-0.1, -0.05) is 51.0 Å². The monoisotopic (exact) mass is 244 g/mol. The Kier molecular flexibility index (Phi) is 4.57. The third kappa shape index (κ3) is 3.01. The molecule has 1 aromatic rings. The second-order valence-corrected chi connectivity index (χ2v) is 5.56. The van der Waals surface area contributed by atoms with Gasteiger partial charge < -0.3 is 0 Å². The number of carbonyl (C=O) groups is 1. The molecular weight excluding hydrogens is 220 g/mol. The molecule has 0 aromatic heterocycles. The number of carbonyl (C=O) groups excluding carboxylic acids is 1. The van der Waals surface area contributed by atoms with Crippen molar-refractivity contribution in [2.75, 3.05) is 0 Å². The molecule has 1 aromatic carbocycles. The standard InChI is InChI=1S/C17H24O/c1-3-13(4-2)11-17(18)16-10-9-14-7-5-6-8-15(14)12-16/h5-8,13,16H,3-4,9-12H2,1-2H3. The molecule has 0 heterocycles. The Bertz CT molecular complexity index is 404. The summed E-state index contributed by atoms with van der Waals surface area (Å²) in [6, 6.07) is 8.58. The maximum Gasteiger partial charge on any atom is 0.136 e. The first kappa shape index (κ1) is 13.3. The number of hydrogen-bond acceptors (Lipinski definition) is 1. The van der Waals surface area contributed by atoms with Gasteiger partial charge >= 0.3 is 0 Å². The third-order valence-corrected chi connectivity index (χ3v) is 4.45. The van der Waals surface area contributed by atoms with E-state index in [1.165, 1.54) is 11.1 Å². The smallest absolute Gasteiger partial charge is 0.136 e. The molecule has 1 aliphatic carbocycles. The van der Waals surface area contributed by atoms with E-state index in [4.69, 9.17) is 0 Å². The van der Waals surface area contributed by atoms with Crippen molar-refractivity contribution in [2.45, 2.75) is 52.4 Å². The van der Waals surface area contributed by atoms with Crippen LogP contribution in [0.15, 0.2) is 24.3 Å². The molecule has 18 heavy (non-hydrogen) atoms. The fourth-order valence-electron chi connectivity index (χ4n) is 3.00. The second kappa shape index (κ2) is 6.17. The molecule has 1 nitrogen and oxygen atoms in total. The summed E-state index contributed by atoms with van der Waals surface area (Å²) >= 11 is 0. The predicted molar refractivity (Wildman–Crippen MR) is 75.7 cm³/mol. The summed E-state index contributed by atoms with van der Waals surface area (Å²) in [7, 11) is 0. The highest BCUT2D eigenvalue weighted by Gasteiger charge is 2.25. The van der Waals surface area contributed by atoms with Crippen molar-refractivity contribution in [3.8, 4) is 0 Å². The number of benzene rings is 1. The number of fused-ring (bicyclic) bond motifs is 1. The van der Waals surface area contributed by atoms with Gasteiger partial charge in [-0.3, -0.25) is 4.79 Å². The maximum atomic E-state index is 12.3. The highest BCUT2D eigenvalue weighted by atomic mass is 16.1. The highest BCUT2D eigenvalue weighted by Crippen LogP contribution is 2.28. The molecule has 1 atom stereocenters. The number of rotatable bonds is 5. The zero-order valence-electron chi connectivity index (χ0n) is 11.6. The molecule has 1 heteroatoms. The molecule has 0 spiro atoms. The van der Waals surface area contributed by atoms with Crippen LogP contribution in [0.25, 0.3) is 0 Å². The molecule has 0 N–H and O–H groups in total. The summed E-state index contributed by atoms with van der Waals surface area (Å²) in [6.45, 7) is 4.38. The fourth-order valence-corrected chi connectivity index (χ4v) is 3.00. The van der Waals surface area contributed by atoms with Crippen molar-refractivity contribution in [3.63, 3.8) is 0 Å². The lowest BCUT2D eigenvalue weighted by Gasteiger charge is -2.24. The lowest BCUT2D eigenvalue weighted by molar-refractivity contribution is -0.124. The molecule has 0 saturated carbocycles. The SMILES string of the molecule is CCC(CC)CC(=O)C1CCc2ccccc2C1. The van der Waals surface area contributed by atoms with E-state index >= 15 is 0 Å². The molecule has 0 saturated heterocycles. The Morgan fingerprint density at radius 1 is 1.22 bits per heavy atom. The van der Waals surface area contributed by atoms with Gasteiger partial charge in [-0.15, -0.1) is 0 Å². The van der Waals surface area contributed by atoms with Gasteiger partial charge in [-0.05, 0) is 36.3 Å². The summed E-state index contributed by atoms with van der Waals surface area (Å²) in [4.78, 5) is 12.3. The Labute approximate surface area is 111 Å². The summed E-state index contributed by atoms with van der Waals surface area (Å²) in [5, 5.41) is 0. The number of aryl methyl sites for hydroxylation is 1. The van der Waals surface area contributed by atoms with Gasteiger partial charge in [0.15, 0.2) is 0 Å². The van der Waals surface area contributed by atoms with E-state index in [1.807, 2.05) is 0 Å². The van der Waals surface area contributed by atoms with Crippen LogP contribution in [0.1, 0.15) is 50.7 Å². The van der Waals surface area contributed by atoms with Gasteiger partial charge in [-0.25, -0.2) is 0 Å². The van der Waals surface area contributed by atoms with Gasteiger partial charge in [0.2, 0.25) is 0 Å². The lowest BCUT2D eigenvalue weighted by Crippen LogP contribution is -2.24. The van der Waals surface area contributed by atoms with Crippen molar-refractivity contribution >= 4 is 5.78 Å². The Morgan fingerprint density at radius 3 is 2.56 bits per heavy atom. The summed E-state index contributed by atoms with van der Waals surface area (Å²) in [5.41, 5.74) is 2.84. The average Bonchev–Trinajstić information content (AvgIpc) is 2.44. The molecule has 98 valence electrons. The van der Waals surface area contributed by atoms with Crippen LogP contribution in [0.2, 0.25) is 0 Å². The van der Waals surface area contributed by atoms with Gasteiger partial charge in [0.05, 0.1) is 0 Å². The van der Waals surface area contributed by atoms with Crippen LogP contribution >= 0.6 is 0 Å². The number of Topliss-reactive ketones (excluding diaryl/α,β-unsaturated/α-hetero) is 1. The van der Waals surface area contributed by atoms with Gasteiger partial charge in [-0.2, -0.15) is 0 Å². The van der Waals surface area contributed by atoms with E-state index in [1.54, 1.807) is 0 Å². The molecular formula is C17H24O. The minimum absolute atomic E-state index is 0.278. The van der Waals surface area contributed by atoms with Gasteiger partial charge in [0, 0.05) is 12.3 Å². The summed E-state index contributed by atoms with van der Waals surface area (Å²) in [6.07, 6.45) is 6.15. The zero-order chi connectivity index (χ0) is 13.0. The maximum absolute atomic E-state index is 12.3. The number of hydrogen-bond donors (Lipinski definition) is 0. The fraction of sp³-hybridized carbons (Fsp3) is 0.588. The van der Waals surface area contributed by atoms with E-state index in [9.17, 15) is 4.79 Å². The molecule has 2 rings (SSSR count). The van der Waals surface area contributed by atoms with Crippen molar-refractivity contribution in [3.05, 3.63) is 35.4 Å². The summed E-state index contributed by atoms with van der Waals surface area (Å²) < 4.78 is 0. The van der Waals surface area contributed by atoms with Crippen LogP contribution in [0.5, 0.6) is 0 Å². The van der Waals surface area contributed by atoms with E-state index in [0.717, 1.165) is 38.5 Å². The normalized spacial score (nSPS) is 18.7. The highest BCUT2D eigenvalue weighted by molar-refractivity contribution is 5.81. The number of ketones is 1. The van der Waals surface area contributed by atoms with Crippen molar-refractivity contribution in [1.29, 1.82) is 0 Å². The first-order chi connectivity index (χ1) is 8.74. The van der Waals surface area contributed by atoms with Crippen LogP contribution in [0, 0.1) is 11.8 Å². The van der Waals surface area contributed by atoms with Crippen molar-refractivity contribution < 1.29 is 4.79 Å². The zero-order valence-corrected chi connectivity index (χ0v) is 11.6. The van der Waals surface area contributed by atoms with E-state index < -0.39 is 0 Å². The second-order valence-electron chi connectivity index (χ2n) is 5.56. The summed E-state index contributed by atoms with van der Waals surface area (Å²) in [5.74, 6) is 1.37. The van der Waals surface area contributed by atoms with Crippen LogP contribution < -0.4 is 0 Å². The quantitative estimate of drug-likeness (QED) is 0.759. The van der Waals surface area contributed by atoms with Gasteiger partial charge in [0.25, 0.3) is 0 Å². The Hall–Kier alpha value is -1.11. The Morgan fingerprint density at radius 2 is 1.89 bits per heavy atom. The van der Waals surface area contributed by atoms with Gasteiger partial charge in [0.1, 0.15) is 5.78 Å². The molecule has 0 aliphatic heterocycles. The van der Waals surface area contributed by atoms with Crippen LogP contribution in [0.3, 0.4) is 0 Å². The van der Waals surface area contributed by atoms with Crippen molar-refractivity contribution in [2.24, 2.45) is 11.8 Å². The molecule has 1 aliphatic rings. The minimum atomic E-state index is 0.278. The van der Waals surface area contributed by atoms with Crippen LogP contribution in [0.4, 0.5) is 0 Å². The first-order valence-electron chi connectivity index (χ1n) is 7.34. The average molecular weight is 244 g/mol. The minimum Gasteiger partial charge on any atom is -0.299 e. The topological polar surface area (TPSA) is 17.1 Å². The largest absolute Gasteiger partial charge is 0.299 e. The predicted octanol–water partition coefficient (Wildman–Crippen LogP) is 4.19. The first-order valence-corrected chi connectivity index (χ1v) is 7.34. The lowest BCUT2D eigenvalue weighted by atomic mass is 9.79. The van der Waals surface area contributed by atoms with E-state index in [0.29, 0.717) is 11.7 Å². The molecule has 0 bridgehead atoms. The Balaban J connectivity index is 1.98.